The van der Waals surface area contributed by atoms with E-state index in [1.807, 2.05) is 12.1 Å². The highest BCUT2D eigenvalue weighted by Gasteiger charge is 2.22. The highest BCUT2D eigenvalue weighted by Crippen LogP contribution is 2.39. The number of fused-ring (bicyclic) bond motifs is 1. The number of halogens is 1. The number of aromatic carboxylic acids is 1. The van der Waals surface area contributed by atoms with Crippen LogP contribution in [0.4, 0.5) is 4.39 Å². The van der Waals surface area contributed by atoms with Crippen molar-refractivity contribution in [2.45, 2.75) is 25.2 Å². The van der Waals surface area contributed by atoms with Crippen LogP contribution < -0.4 is 4.74 Å². The van der Waals surface area contributed by atoms with Crippen LogP contribution in [0, 0.1) is 5.82 Å². The first-order valence-electron chi connectivity index (χ1n) is 9.30. The SMILES string of the molecule is O=C(O)c1ccncc1CC[C@H]1CCOc2cc(-c3ccc(F)cc3)ccc21. The molecular weight excluding hydrogens is 357 g/mol. The summed E-state index contributed by atoms with van der Waals surface area (Å²) in [5, 5.41) is 9.35. The number of carbonyl (C=O) groups is 1. The number of pyridine rings is 1. The normalized spacial score (nSPS) is 15.5. The molecule has 0 fully saturated rings. The predicted molar refractivity (Wildman–Crippen MR) is 104 cm³/mol. The first kappa shape index (κ1) is 18.2. The van der Waals surface area contributed by atoms with E-state index in [4.69, 9.17) is 4.74 Å². The van der Waals surface area contributed by atoms with Crippen molar-refractivity contribution in [2.24, 2.45) is 0 Å². The van der Waals surface area contributed by atoms with E-state index in [2.05, 4.69) is 11.1 Å². The predicted octanol–water partition coefficient (Wildman–Crippen LogP) is 5.08. The summed E-state index contributed by atoms with van der Waals surface area (Å²) in [5.41, 5.74) is 4.13. The van der Waals surface area contributed by atoms with Gasteiger partial charge in [-0.1, -0.05) is 24.3 Å². The molecule has 2 aromatic carbocycles. The van der Waals surface area contributed by atoms with Crippen LogP contribution in [0.15, 0.2) is 60.9 Å². The number of carboxylic acids is 1. The van der Waals surface area contributed by atoms with E-state index in [0.29, 0.717) is 24.5 Å². The van der Waals surface area contributed by atoms with E-state index in [9.17, 15) is 14.3 Å². The zero-order chi connectivity index (χ0) is 19.5. The van der Waals surface area contributed by atoms with Gasteiger partial charge in [-0.05, 0) is 71.7 Å². The maximum Gasteiger partial charge on any atom is 0.336 e. The van der Waals surface area contributed by atoms with Crippen molar-refractivity contribution < 1.29 is 19.0 Å². The number of carboxylic acid groups (broad SMARTS) is 1. The maximum absolute atomic E-state index is 13.2. The third-order valence-corrected chi connectivity index (χ3v) is 5.25. The van der Waals surface area contributed by atoms with Gasteiger partial charge in [0.1, 0.15) is 11.6 Å². The number of benzene rings is 2. The minimum atomic E-state index is -0.922. The fraction of sp³-hybridized carbons (Fsp3) is 0.217. The second kappa shape index (κ2) is 7.80. The molecule has 1 aromatic heterocycles. The molecular formula is C23H20FNO3. The van der Waals surface area contributed by atoms with Crippen LogP contribution in [0.25, 0.3) is 11.1 Å². The van der Waals surface area contributed by atoms with Gasteiger partial charge in [0, 0.05) is 12.4 Å². The molecule has 1 aliphatic rings. The van der Waals surface area contributed by atoms with Crippen molar-refractivity contribution in [1.29, 1.82) is 0 Å². The van der Waals surface area contributed by atoms with Gasteiger partial charge in [-0.25, -0.2) is 9.18 Å². The summed E-state index contributed by atoms with van der Waals surface area (Å²) < 4.78 is 19.0. The summed E-state index contributed by atoms with van der Waals surface area (Å²) in [5.74, 6) is -0.0292. The molecule has 0 spiro atoms. The van der Waals surface area contributed by atoms with Gasteiger partial charge in [0.25, 0.3) is 0 Å². The Bertz CT molecular complexity index is 1000. The molecule has 2 heterocycles. The van der Waals surface area contributed by atoms with E-state index in [-0.39, 0.29) is 5.82 Å². The number of hydrogen-bond acceptors (Lipinski definition) is 3. The topological polar surface area (TPSA) is 59.4 Å². The standard InChI is InChI=1S/C23H20FNO3/c24-19-6-3-15(4-7-19)17-5-8-20-16(10-12-28-22(20)13-17)1-2-18-14-25-11-9-21(18)23(26)27/h3-9,11,13-14,16H,1-2,10,12H2,(H,26,27)/t16-/m0/s1. The van der Waals surface area contributed by atoms with Gasteiger partial charge < -0.3 is 9.84 Å². The van der Waals surface area contributed by atoms with E-state index in [0.717, 1.165) is 40.8 Å². The summed E-state index contributed by atoms with van der Waals surface area (Å²) in [6.45, 7) is 0.628. The number of ether oxygens (including phenoxy) is 1. The molecule has 4 nitrogen and oxygen atoms in total. The number of rotatable bonds is 5. The second-order valence-electron chi connectivity index (χ2n) is 6.97. The molecule has 0 bridgehead atoms. The molecule has 142 valence electrons. The summed E-state index contributed by atoms with van der Waals surface area (Å²) in [6, 6.07) is 14.1. The summed E-state index contributed by atoms with van der Waals surface area (Å²) in [6.07, 6.45) is 5.53. The molecule has 1 atom stereocenters. The van der Waals surface area contributed by atoms with Gasteiger partial charge in [-0.15, -0.1) is 0 Å². The lowest BCUT2D eigenvalue weighted by molar-refractivity contribution is 0.0695. The van der Waals surface area contributed by atoms with Gasteiger partial charge in [0.2, 0.25) is 0 Å². The zero-order valence-electron chi connectivity index (χ0n) is 15.3. The van der Waals surface area contributed by atoms with Crippen molar-refractivity contribution in [3.8, 4) is 16.9 Å². The molecule has 0 unspecified atom stereocenters. The van der Waals surface area contributed by atoms with Crippen LogP contribution in [0.3, 0.4) is 0 Å². The van der Waals surface area contributed by atoms with Crippen LogP contribution in [0.2, 0.25) is 0 Å². The third kappa shape index (κ3) is 3.74. The van der Waals surface area contributed by atoms with Gasteiger partial charge >= 0.3 is 5.97 Å². The van der Waals surface area contributed by atoms with Crippen LogP contribution in [0.5, 0.6) is 5.75 Å². The number of aryl methyl sites for hydroxylation is 1. The van der Waals surface area contributed by atoms with Crippen molar-refractivity contribution in [3.63, 3.8) is 0 Å². The van der Waals surface area contributed by atoms with Gasteiger partial charge in [0.15, 0.2) is 0 Å². The van der Waals surface area contributed by atoms with Crippen molar-refractivity contribution in [3.05, 3.63) is 83.4 Å². The molecule has 28 heavy (non-hydrogen) atoms. The van der Waals surface area contributed by atoms with Crippen molar-refractivity contribution in [1.82, 2.24) is 4.98 Å². The second-order valence-corrected chi connectivity index (χ2v) is 6.97. The summed E-state index contributed by atoms with van der Waals surface area (Å²) >= 11 is 0. The van der Waals surface area contributed by atoms with E-state index >= 15 is 0 Å². The van der Waals surface area contributed by atoms with Crippen LogP contribution in [-0.2, 0) is 6.42 Å². The molecule has 0 amide bonds. The lowest BCUT2D eigenvalue weighted by Gasteiger charge is -2.26. The number of nitrogens with zero attached hydrogens (tertiary/aromatic N) is 1. The third-order valence-electron chi connectivity index (χ3n) is 5.25. The molecule has 1 N–H and O–H groups in total. The molecule has 4 rings (SSSR count). The minimum Gasteiger partial charge on any atom is -0.493 e. The first-order valence-corrected chi connectivity index (χ1v) is 9.30. The lowest BCUT2D eigenvalue weighted by Crippen LogP contribution is -2.15. The Morgan fingerprint density at radius 3 is 2.71 bits per heavy atom. The van der Waals surface area contributed by atoms with Crippen molar-refractivity contribution >= 4 is 5.97 Å². The average molecular weight is 377 g/mol. The quantitative estimate of drug-likeness (QED) is 0.673. The van der Waals surface area contributed by atoms with E-state index in [1.165, 1.54) is 18.3 Å². The fourth-order valence-electron chi connectivity index (χ4n) is 3.75. The molecule has 1 aliphatic heterocycles. The minimum absolute atomic E-state index is 0.255. The fourth-order valence-corrected chi connectivity index (χ4v) is 3.75. The molecule has 0 radical (unpaired) electrons. The van der Waals surface area contributed by atoms with E-state index in [1.54, 1.807) is 24.4 Å². The Labute approximate surface area is 162 Å². The monoisotopic (exact) mass is 377 g/mol. The Morgan fingerprint density at radius 1 is 1.14 bits per heavy atom. The molecule has 0 saturated carbocycles. The summed E-state index contributed by atoms with van der Waals surface area (Å²) in [7, 11) is 0. The smallest absolute Gasteiger partial charge is 0.336 e. The van der Waals surface area contributed by atoms with Crippen LogP contribution in [0.1, 0.15) is 40.2 Å². The molecule has 3 aromatic rings. The number of aromatic nitrogens is 1. The zero-order valence-corrected chi connectivity index (χ0v) is 15.3. The Kier molecular flexibility index (Phi) is 5.06. The Hall–Kier alpha value is -3.21. The van der Waals surface area contributed by atoms with Gasteiger partial charge in [-0.3, -0.25) is 4.98 Å². The molecule has 5 heteroatoms. The average Bonchev–Trinajstić information content (AvgIpc) is 2.72. The van der Waals surface area contributed by atoms with Crippen LogP contribution >= 0.6 is 0 Å². The highest BCUT2D eigenvalue weighted by molar-refractivity contribution is 5.89. The maximum atomic E-state index is 13.2. The summed E-state index contributed by atoms with van der Waals surface area (Å²) in [4.78, 5) is 15.5. The first-order chi connectivity index (χ1) is 13.6. The van der Waals surface area contributed by atoms with Crippen LogP contribution in [-0.4, -0.2) is 22.7 Å². The van der Waals surface area contributed by atoms with Gasteiger partial charge in [-0.2, -0.15) is 0 Å². The number of hydrogen-bond donors (Lipinski definition) is 1. The van der Waals surface area contributed by atoms with Gasteiger partial charge in [0.05, 0.1) is 12.2 Å². The largest absolute Gasteiger partial charge is 0.493 e. The Balaban J connectivity index is 1.54. The Morgan fingerprint density at radius 2 is 1.93 bits per heavy atom. The highest BCUT2D eigenvalue weighted by atomic mass is 19.1. The molecule has 0 aliphatic carbocycles. The lowest BCUT2D eigenvalue weighted by atomic mass is 9.86. The van der Waals surface area contributed by atoms with Crippen molar-refractivity contribution in [2.75, 3.05) is 6.61 Å². The van der Waals surface area contributed by atoms with E-state index < -0.39 is 5.97 Å². The molecule has 0 saturated heterocycles.